The Morgan fingerprint density at radius 2 is 1.88 bits per heavy atom. The normalized spacial score (nSPS) is 14.4. The van der Waals surface area contributed by atoms with Crippen molar-refractivity contribution in [1.82, 2.24) is 5.32 Å². The molecule has 0 aromatic heterocycles. The van der Waals surface area contributed by atoms with E-state index in [1.165, 1.54) is 25.1 Å². The van der Waals surface area contributed by atoms with E-state index in [0.717, 1.165) is 0 Å². The minimum atomic E-state index is -1.67. The highest BCUT2D eigenvalue weighted by molar-refractivity contribution is 7.86. The van der Waals surface area contributed by atoms with Crippen molar-refractivity contribution in [2.24, 2.45) is 0 Å². The predicted molar refractivity (Wildman–Crippen MR) is 65.5 cm³/mol. The van der Waals surface area contributed by atoms with E-state index in [2.05, 4.69) is 5.32 Å². The van der Waals surface area contributed by atoms with Crippen molar-refractivity contribution in [2.45, 2.75) is 37.0 Å². The number of carbonyl (C=O) groups excluding carboxylic acids is 1. The van der Waals surface area contributed by atoms with Crippen molar-refractivity contribution in [1.29, 1.82) is 0 Å². The average molecular weight is 257 g/mol. The van der Waals surface area contributed by atoms with Crippen LogP contribution in [-0.2, 0) is 15.6 Å². The van der Waals surface area contributed by atoms with Crippen LogP contribution >= 0.6 is 0 Å². The van der Waals surface area contributed by atoms with Gasteiger partial charge in [0.25, 0.3) is 0 Å². The first-order chi connectivity index (χ1) is 7.93. The van der Waals surface area contributed by atoms with E-state index >= 15 is 0 Å². The van der Waals surface area contributed by atoms with E-state index in [1.807, 2.05) is 13.8 Å². The largest absolute Gasteiger partial charge is 0.353 e. The number of rotatable bonds is 4. The van der Waals surface area contributed by atoms with Crippen LogP contribution in [0.1, 0.15) is 20.8 Å². The number of halogens is 1. The highest BCUT2D eigenvalue weighted by Gasteiger charge is 2.23. The molecule has 0 saturated heterocycles. The summed E-state index contributed by atoms with van der Waals surface area (Å²) in [6.45, 7) is 5.16. The molecule has 1 aromatic rings. The molecule has 3 nitrogen and oxygen atoms in total. The van der Waals surface area contributed by atoms with E-state index in [9.17, 15) is 13.4 Å². The Bertz CT molecular complexity index is 434. The van der Waals surface area contributed by atoms with Gasteiger partial charge >= 0.3 is 0 Å². The van der Waals surface area contributed by atoms with E-state index < -0.39 is 21.9 Å². The zero-order valence-electron chi connectivity index (χ0n) is 10.1. The fourth-order valence-corrected chi connectivity index (χ4v) is 2.41. The maximum Gasteiger partial charge on any atom is 0.236 e. The molecule has 2 unspecified atom stereocenters. The van der Waals surface area contributed by atoms with E-state index in [1.54, 1.807) is 6.07 Å². The summed E-state index contributed by atoms with van der Waals surface area (Å²) < 4.78 is 25.4. The van der Waals surface area contributed by atoms with Crippen molar-refractivity contribution in [3.63, 3.8) is 0 Å². The molecule has 1 rings (SSSR count). The third-order valence-corrected chi connectivity index (χ3v) is 3.80. The maximum absolute atomic E-state index is 13.4. The van der Waals surface area contributed by atoms with Gasteiger partial charge in [0.05, 0.1) is 15.7 Å². The monoisotopic (exact) mass is 257 g/mol. The Morgan fingerprint density at radius 1 is 1.29 bits per heavy atom. The van der Waals surface area contributed by atoms with Gasteiger partial charge in [-0.3, -0.25) is 9.00 Å². The molecule has 1 amide bonds. The van der Waals surface area contributed by atoms with Crippen LogP contribution in [0.3, 0.4) is 0 Å². The Balaban J connectivity index is 2.84. The molecule has 0 radical (unpaired) electrons. The molecule has 0 saturated carbocycles. The van der Waals surface area contributed by atoms with Gasteiger partial charge in [0.15, 0.2) is 0 Å². The van der Waals surface area contributed by atoms with Crippen molar-refractivity contribution < 1.29 is 13.4 Å². The van der Waals surface area contributed by atoms with Gasteiger partial charge < -0.3 is 5.32 Å². The molecular weight excluding hydrogens is 241 g/mol. The molecule has 2 atom stereocenters. The second-order valence-electron chi connectivity index (χ2n) is 4.03. The fraction of sp³-hybridized carbons (Fsp3) is 0.417. The summed E-state index contributed by atoms with van der Waals surface area (Å²) in [6, 6.07) is 5.77. The molecule has 94 valence electrons. The van der Waals surface area contributed by atoms with Crippen molar-refractivity contribution in [2.75, 3.05) is 0 Å². The summed E-state index contributed by atoms with van der Waals surface area (Å²) in [5.41, 5.74) is 0. The van der Waals surface area contributed by atoms with Crippen LogP contribution in [-0.4, -0.2) is 21.4 Å². The minimum Gasteiger partial charge on any atom is -0.353 e. The SMILES string of the molecule is CC(C)NC(=O)C(C)S(=O)c1ccccc1F. The molecule has 0 heterocycles. The van der Waals surface area contributed by atoms with Crippen molar-refractivity contribution in [3.05, 3.63) is 30.1 Å². The lowest BCUT2D eigenvalue weighted by Crippen LogP contribution is -2.39. The first-order valence-electron chi connectivity index (χ1n) is 5.39. The molecule has 0 fully saturated rings. The number of hydrogen-bond donors (Lipinski definition) is 1. The van der Waals surface area contributed by atoms with E-state index in [-0.39, 0.29) is 16.8 Å². The van der Waals surface area contributed by atoms with E-state index in [4.69, 9.17) is 0 Å². The third kappa shape index (κ3) is 3.63. The van der Waals surface area contributed by atoms with Crippen LogP contribution < -0.4 is 5.32 Å². The number of benzene rings is 1. The quantitative estimate of drug-likeness (QED) is 0.894. The third-order valence-electron chi connectivity index (χ3n) is 2.17. The molecule has 0 aliphatic rings. The van der Waals surface area contributed by atoms with Crippen LogP contribution in [0.2, 0.25) is 0 Å². The molecule has 0 bridgehead atoms. The summed E-state index contributed by atoms with van der Waals surface area (Å²) in [7, 11) is -1.67. The number of hydrogen-bond acceptors (Lipinski definition) is 2. The molecule has 0 aliphatic carbocycles. The summed E-state index contributed by atoms with van der Waals surface area (Å²) in [5.74, 6) is -0.878. The lowest BCUT2D eigenvalue weighted by Gasteiger charge is -2.14. The Kier molecular flexibility index (Phi) is 4.81. The average Bonchev–Trinajstić information content (AvgIpc) is 2.27. The second-order valence-corrected chi connectivity index (χ2v) is 5.78. The second kappa shape index (κ2) is 5.91. The van der Waals surface area contributed by atoms with Gasteiger partial charge in [0.1, 0.15) is 11.1 Å². The van der Waals surface area contributed by atoms with Crippen LogP contribution in [0.15, 0.2) is 29.2 Å². The predicted octanol–water partition coefficient (Wildman–Crippen LogP) is 1.85. The minimum absolute atomic E-state index is 0.0254. The number of nitrogens with one attached hydrogen (secondary N) is 1. The van der Waals surface area contributed by atoms with Crippen LogP contribution in [0, 0.1) is 5.82 Å². The fourth-order valence-electron chi connectivity index (χ4n) is 1.30. The molecule has 0 spiro atoms. The lowest BCUT2D eigenvalue weighted by molar-refractivity contribution is -0.120. The van der Waals surface area contributed by atoms with Gasteiger partial charge in [-0.1, -0.05) is 12.1 Å². The van der Waals surface area contributed by atoms with Crippen molar-refractivity contribution in [3.8, 4) is 0 Å². The smallest absolute Gasteiger partial charge is 0.236 e. The molecule has 17 heavy (non-hydrogen) atoms. The Morgan fingerprint density at radius 3 is 2.41 bits per heavy atom. The van der Waals surface area contributed by atoms with Crippen LogP contribution in [0.4, 0.5) is 4.39 Å². The zero-order chi connectivity index (χ0) is 13.0. The van der Waals surface area contributed by atoms with E-state index in [0.29, 0.717) is 0 Å². The van der Waals surface area contributed by atoms with Gasteiger partial charge in [-0.05, 0) is 32.9 Å². The summed E-state index contributed by atoms with van der Waals surface area (Å²) in [6.07, 6.45) is 0. The molecular formula is C12H16FNO2S. The molecule has 1 N–H and O–H groups in total. The van der Waals surface area contributed by atoms with Gasteiger partial charge in [-0.15, -0.1) is 0 Å². The van der Waals surface area contributed by atoms with Gasteiger partial charge in [-0.25, -0.2) is 4.39 Å². The van der Waals surface area contributed by atoms with Crippen LogP contribution in [0.25, 0.3) is 0 Å². The van der Waals surface area contributed by atoms with Gasteiger partial charge in [-0.2, -0.15) is 0 Å². The van der Waals surface area contributed by atoms with Crippen LogP contribution in [0.5, 0.6) is 0 Å². The highest BCUT2D eigenvalue weighted by atomic mass is 32.2. The molecule has 1 aromatic carbocycles. The summed E-state index contributed by atoms with van der Waals surface area (Å²) >= 11 is 0. The first kappa shape index (κ1) is 13.8. The maximum atomic E-state index is 13.4. The molecule has 5 heteroatoms. The zero-order valence-corrected chi connectivity index (χ0v) is 10.9. The van der Waals surface area contributed by atoms with Gasteiger partial charge in [0, 0.05) is 6.04 Å². The lowest BCUT2D eigenvalue weighted by atomic mass is 10.3. The Hall–Kier alpha value is -1.23. The highest BCUT2D eigenvalue weighted by Crippen LogP contribution is 2.15. The summed E-state index contributed by atoms with van der Waals surface area (Å²) in [5, 5.41) is 1.89. The Labute approximate surface area is 103 Å². The molecule has 0 aliphatic heterocycles. The van der Waals surface area contributed by atoms with Crippen molar-refractivity contribution >= 4 is 16.7 Å². The summed E-state index contributed by atoms with van der Waals surface area (Å²) in [4.78, 5) is 11.7. The number of carbonyl (C=O) groups is 1. The number of amides is 1. The van der Waals surface area contributed by atoms with Gasteiger partial charge in [0.2, 0.25) is 5.91 Å². The standard InChI is InChI=1S/C12H16FNO2S/c1-8(2)14-12(15)9(3)17(16)11-7-5-4-6-10(11)13/h4-9H,1-3H3,(H,14,15). The topological polar surface area (TPSA) is 46.2 Å². The first-order valence-corrected chi connectivity index (χ1v) is 6.60.